The monoisotopic (exact) mass is 308 g/mol. The van der Waals surface area contributed by atoms with Crippen molar-refractivity contribution < 1.29 is 4.74 Å². The van der Waals surface area contributed by atoms with Crippen LogP contribution in [0, 0.1) is 0 Å². The van der Waals surface area contributed by atoms with Crippen LogP contribution < -0.4 is 10.1 Å². The third-order valence-corrected chi connectivity index (χ3v) is 3.59. The summed E-state index contributed by atoms with van der Waals surface area (Å²) in [4.78, 5) is 4.68. The first-order valence-electron chi connectivity index (χ1n) is 6.05. The zero-order valence-electron chi connectivity index (χ0n) is 10.9. The van der Waals surface area contributed by atoms with Crippen LogP contribution in [-0.2, 0) is 6.42 Å². The van der Waals surface area contributed by atoms with E-state index in [1.54, 1.807) is 7.11 Å². The summed E-state index contributed by atoms with van der Waals surface area (Å²) in [6, 6.07) is 6.09. The average molecular weight is 309 g/mol. The Balaban J connectivity index is 2.73. The second-order valence-corrected chi connectivity index (χ2v) is 5.00. The maximum absolute atomic E-state index is 5.41. The van der Waals surface area contributed by atoms with Crippen LogP contribution in [0.2, 0.25) is 0 Å². The number of aryl methyl sites for hydroxylation is 1. The Morgan fingerprint density at radius 1 is 1.39 bits per heavy atom. The molecule has 0 saturated heterocycles. The molecule has 1 N–H and O–H groups in total. The van der Waals surface area contributed by atoms with Gasteiger partial charge in [-0.25, -0.2) is 4.98 Å². The van der Waals surface area contributed by atoms with E-state index in [9.17, 15) is 0 Å². The fraction of sp³-hybridized carbons (Fsp3) is 0.357. The zero-order chi connectivity index (χ0) is 13.1. The van der Waals surface area contributed by atoms with Crippen molar-refractivity contribution in [3.8, 4) is 5.75 Å². The minimum Gasteiger partial charge on any atom is -0.496 e. The largest absolute Gasteiger partial charge is 0.496 e. The normalized spacial score (nSPS) is 10.7. The zero-order valence-corrected chi connectivity index (χ0v) is 12.5. The molecule has 0 saturated carbocycles. The maximum Gasteiger partial charge on any atom is 0.129 e. The van der Waals surface area contributed by atoms with Crippen molar-refractivity contribution in [1.29, 1.82) is 0 Å². The van der Waals surface area contributed by atoms with E-state index >= 15 is 0 Å². The fourth-order valence-corrected chi connectivity index (χ4v) is 2.53. The van der Waals surface area contributed by atoms with E-state index < -0.39 is 0 Å². The summed E-state index contributed by atoms with van der Waals surface area (Å²) in [5, 5.41) is 4.21. The molecule has 0 aliphatic carbocycles. The average Bonchev–Trinajstić information content (AvgIpc) is 2.39. The molecule has 0 atom stereocenters. The molecular formula is C14H17BrN2O. The van der Waals surface area contributed by atoms with Crippen molar-refractivity contribution in [2.24, 2.45) is 0 Å². The Morgan fingerprint density at radius 2 is 2.17 bits per heavy atom. The fourth-order valence-electron chi connectivity index (χ4n) is 2.10. The van der Waals surface area contributed by atoms with Crippen LogP contribution in [0.15, 0.2) is 22.7 Å². The molecule has 96 valence electrons. The van der Waals surface area contributed by atoms with Crippen LogP contribution in [0.3, 0.4) is 0 Å². The predicted octanol–water partition coefficient (Wildman–Crippen LogP) is 4.00. The Bertz CT molecular complexity index is 569. The third-order valence-electron chi connectivity index (χ3n) is 2.95. The highest BCUT2D eigenvalue weighted by molar-refractivity contribution is 9.10. The SMILES string of the molecule is CCCc1cc2c(OC)ccc(Br)c2nc1NC. The van der Waals surface area contributed by atoms with Crippen LogP contribution in [-0.4, -0.2) is 19.1 Å². The van der Waals surface area contributed by atoms with Crippen LogP contribution in [0.25, 0.3) is 10.9 Å². The van der Waals surface area contributed by atoms with Crippen molar-refractivity contribution in [3.63, 3.8) is 0 Å². The lowest BCUT2D eigenvalue weighted by molar-refractivity contribution is 0.419. The summed E-state index contributed by atoms with van der Waals surface area (Å²) >= 11 is 3.54. The number of ether oxygens (including phenoxy) is 1. The lowest BCUT2D eigenvalue weighted by Crippen LogP contribution is -2.00. The number of anilines is 1. The van der Waals surface area contributed by atoms with Gasteiger partial charge in [0.15, 0.2) is 0 Å². The highest BCUT2D eigenvalue weighted by Crippen LogP contribution is 2.33. The van der Waals surface area contributed by atoms with E-state index in [4.69, 9.17) is 4.74 Å². The number of hydrogen-bond donors (Lipinski definition) is 1. The molecule has 1 heterocycles. The number of fused-ring (bicyclic) bond motifs is 1. The Morgan fingerprint density at radius 3 is 2.78 bits per heavy atom. The number of halogens is 1. The topological polar surface area (TPSA) is 34.1 Å². The molecule has 0 unspecified atom stereocenters. The summed E-state index contributed by atoms with van der Waals surface area (Å²) in [7, 11) is 3.59. The number of methoxy groups -OCH3 is 1. The van der Waals surface area contributed by atoms with Gasteiger partial charge < -0.3 is 10.1 Å². The van der Waals surface area contributed by atoms with Crippen molar-refractivity contribution >= 4 is 32.7 Å². The van der Waals surface area contributed by atoms with Crippen LogP contribution in [0.1, 0.15) is 18.9 Å². The number of pyridine rings is 1. The Labute approximate surface area is 116 Å². The first kappa shape index (κ1) is 13.1. The van der Waals surface area contributed by atoms with E-state index in [0.29, 0.717) is 0 Å². The van der Waals surface area contributed by atoms with E-state index in [1.807, 2.05) is 19.2 Å². The van der Waals surface area contributed by atoms with Gasteiger partial charge >= 0.3 is 0 Å². The predicted molar refractivity (Wildman–Crippen MR) is 79.5 cm³/mol. The highest BCUT2D eigenvalue weighted by Gasteiger charge is 2.11. The second-order valence-electron chi connectivity index (χ2n) is 4.14. The van der Waals surface area contributed by atoms with Crippen molar-refractivity contribution in [1.82, 2.24) is 4.98 Å². The van der Waals surface area contributed by atoms with Gasteiger partial charge in [-0.05, 0) is 46.1 Å². The van der Waals surface area contributed by atoms with E-state index in [0.717, 1.165) is 39.8 Å². The number of rotatable bonds is 4. The molecular weight excluding hydrogens is 292 g/mol. The molecule has 3 nitrogen and oxygen atoms in total. The number of hydrogen-bond acceptors (Lipinski definition) is 3. The van der Waals surface area contributed by atoms with Gasteiger partial charge in [-0.1, -0.05) is 13.3 Å². The molecule has 18 heavy (non-hydrogen) atoms. The maximum atomic E-state index is 5.41. The van der Waals surface area contributed by atoms with Gasteiger partial charge in [0.25, 0.3) is 0 Å². The molecule has 1 aromatic heterocycles. The lowest BCUT2D eigenvalue weighted by Gasteiger charge is -2.12. The van der Waals surface area contributed by atoms with E-state index in [1.165, 1.54) is 5.56 Å². The van der Waals surface area contributed by atoms with Gasteiger partial charge in [0.1, 0.15) is 11.6 Å². The molecule has 0 spiro atoms. The third kappa shape index (κ3) is 2.29. The van der Waals surface area contributed by atoms with Gasteiger partial charge in [0, 0.05) is 16.9 Å². The van der Waals surface area contributed by atoms with E-state index in [2.05, 4.69) is 39.2 Å². The minimum atomic E-state index is 0.862. The molecule has 0 aliphatic rings. The van der Waals surface area contributed by atoms with Gasteiger partial charge in [-0.2, -0.15) is 0 Å². The Kier molecular flexibility index (Phi) is 4.07. The molecule has 0 radical (unpaired) electrons. The summed E-state index contributed by atoms with van der Waals surface area (Å²) in [5.74, 6) is 1.80. The Hall–Kier alpha value is -1.29. The smallest absolute Gasteiger partial charge is 0.129 e. The van der Waals surface area contributed by atoms with Crippen LogP contribution >= 0.6 is 15.9 Å². The van der Waals surface area contributed by atoms with Gasteiger partial charge in [0.05, 0.1) is 12.6 Å². The van der Waals surface area contributed by atoms with Crippen molar-refractivity contribution in [2.75, 3.05) is 19.5 Å². The summed E-state index contributed by atoms with van der Waals surface area (Å²) in [6.45, 7) is 2.17. The molecule has 0 fully saturated rings. The van der Waals surface area contributed by atoms with Gasteiger partial charge in [0.2, 0.25) is 0 Å². The first-order valence-corrected chi connectivity index (χ1v) is 6.84. The van der Waals surface area contributed by atoms with Crippen LogP contribution in [0.5, 0.6) is 5.75 Å². The lowest BCUT2D eigenvalue weighted by atomic mass is 10.1. The summed E-state index contributed by atoms with van der Waals surface area (Å²) in [5.41, 5.74) is 2.16. The van der Waals surface area contributed by atoms with Crippen molar-refractivity contribution in [3.05, 3.63) is 28.2 Å². The second kappa shape index (κ2) is 5.57. The number of benzene rings is 1. The number of nitrogens with zero attached hydrogens (tertiary/aromatic N) is 1. The standard InChI is InChI=1S/C14H17BrN2O/c1-4-5-9-8-10-12(18-3)7-6-11(15)13(10)17-14(9)16-2/h6-8H,4-5H2,1-3H3,(H,16,17). The summed E-state index contributed by atoms with van der Waals surface area (Å²) in [6.07, 6.45) is 2.10. The molecule has 2 aromatic rings. The molecule has 2 rings (SSSR count). The number of aromatic nitrogens is 1. The molecule has 0 amide bonds. The molecule has 0 bridgehead atoms. The van der Waals surface area contributed by atoms with E-state index in [-0.39, 0.29) is 0 Å². The van der Waals surface area contributed by atoms with Gasteiger partial charge in [-0.15, -0.1) is 0 Å². The summed E-state index contributed by atoms with van der Waals surface area (Å²) < 4.78 is 6.39. The minimum absolute atomic E-state index is 0.862. The highest BCUT2D eigenvalue weighted by atomic mass is 79.9. The quantitative estimate of drug-likeness (QED) is 0.927. The molecule has 0 aliphatic heterocycles. The van der Waals surface area contributed by atoms with Crippen LogP contribution in [0.4, 0.5) is 5.82 Å². The first-order chi connectivity index (χ1) is 8.71. The molecule has 1 aromatic carbocycles. The number of nitrogens with one attached hydrogen (secondary N) is 1. The van der Waals surface area contributed by atoms with Gasteiger partial charge in [-0.3, -0.25) is 0 Å². The molecule has 4 heteroatoms. The van der Waals surface area contributed by atoms with Crippen molar-refractivity contribution in [2.45, 2.75) is 19.8 Å².